The van der Waals surface area contributed by atoms with Gasteiger partial charge in [-0.25, -0.2) is 0 Å². The molecule has 0 aliphatic carbocycles. The van der Waals surface area contributed by atoms with Gasteiger partial charge in [0.1, 0.15) is 0 Å². The summed E-state index contributed by atoms with van der Waals surface area (Å²) < 4.78 is 0. The Hall–Kier alpha value is -3.73. The highest BCUT2D eigenvalue weighted by Crippen LogP contribution is 2.25. The summed E-state index contributed by atoms with van der Waals surface area (Å²) in [5.74, 6) is -0.174. The molecule has 0 saturated heterocycles. The number of carbonyl (C=O) groups is 1. The standard InChI is InChI=1S/C24H21N3O2/c1-16-7-8-22(17(2)13-16)27(24(29)18-9-11-25-12-10-18)15-20-14-19-5-3-4-6-21(19)26-23(20)28/h3-14H,15H2,1-2H3,(H,26,28). The van der Waals surface area contributed by atoms with Gasteiger partial charge in [0.2, 0.25) is 0 Å². The first-order chi connectivity index (χ1) is 14.0. The molecule has 1 amide bonds. The molecule has 2 aromatic carbocycles. The second-order valence-electron chi connectivity index (χ2n) is 7.13. The molecule has 2 aromatic heterocycles. The number of nitrogens with one attached hydrogen (secondary N) is 1. The minimum absolute atomic E-state index is 0.172. The Balaban J connectivity index is 1.81. The van der Waals surface area contributed by atoms with Crippen molar-refractivity contribution in [3.8, 4) is 0 Å². The zero-order valence-electron chi connectivity index (χ0n) is 16.3. The number of carbonyl (C=O) groups excluding carboxylic acids is 1. The van der Waals surface area contributed by atoms with Crippen LogP contribution in [0, 0.1) is 13.8 Å². The number of amides is 1. The lowest BCUT2D eigenvalue weighted by Gasteiger charge is -2.25. The predicted molar refractivity (Wildman–Crippen MR) is 115 cm³/mol. The molecule has 4 rings (SSSR count). The maximum atomic E-state index is 13.3. The fraction of sp³-hybridized carbons (Fsp3) is 0.125. The molecule has 2 heterocycles. The Bertz CT molecular complexity index is 1250. The van der Waals surface area contributed by atoms with Gasteiger partial charge in [-0.2, -0.15) is 0 Å². The number of benzene rings is 2. The number of aromatic nitrogens is 2. The molecule has 5 nitrogen and oxygen atoms in total. The molecule has 4 aromatic rings. The van der Waals surface area contributed by atoms with Crippen LogP contribution in [0.3, 0.4) is 0 Å². The van der Waals surface area contributed by atoms with Crippen LogP contribution < -0.4 is 10.5 Å². The van der Waals surface area contributed by atoms with E-state index in [1.807, 2.05) is 62.4 Å². The summed E-state index contributed by atoms with van der Waals surface area (Å²) in [6.45, 7) is 4.16. The fourth-order valence-electron chi connectivity index (χ4n) is 3.51. The Kier molecular flexibility index (Phi) is 4.96. The van der Waals surface area contributed by atoms with Crippen LogP contribution in [0.5, 0.6) is 0 Å². The van der Waals surface area contributed by atoms with E-state index in [0.29, 0.717) is 11.1 Å². The van der Waals surface area contributed by atoms with Gasteiger partial charge in [-0.3, -0.25) is 14.6 Å². The molecule has 0 unspecified atom stereocenters. The molecule has 0 aliphatic heterocycles. The van der Waals surface area contributed by atoms with Crippen LogP contribution in [0.2, 0.25) is 0 Å². The molecule has 29 heavy (non-hydrogen) atoms. The van der Waals surface area contributed by atoms with Crippen molar-refractivity contribution in [2.75, 3.05) is 4.90 Å². The minimum Gasteiger partial charge on any atom is -0.322 e. The van der Waals surface area contributed by atoms with Gasteiger partial charge >= 0.3 is 0 Å². The van der Waals surface area contributed by atoms with Gasteiger partial charge < -0.3 is 9.88 Å². The Labute approximate surface area is 168 Å². The van der Waals surface area contributed by atoms with E-state index in [9.17, 15) is 9.59 Å². The number of hydrogen-bond donors (Lipinski definition) is 1. The zero-order chi connectivity index (χ0) is 20.4. The van der Waals surface area contributed by atoms with Gasteiger partial charge in [0.15, 0.2) is 0 Å². The highest BCUT2D eigenvalue weighted by atomic mass is 16.2. The topological polar surface area (TPSA) is 66.1 Å². The summed E-state index contributed by atoms with van der Waals surface area (Å²) in [7, 11) is 0. The van der Waals surface area contributed by atoms with Crippen LogP contribution in [0.4, 0.5) is 5.69 Å². The van der Waals surface area contributed by atoms with Crippen molar-refractivity contribution in [1.82, 2.24) is 9.97 Å². The molecule has 1 N–H and O–H groups in total. The Morgan fingerprint density at radius 1 is 1.00 bits per heavy atom. The number of H-pyrrole nitrogens is 1. The van der Waals surface area contributed by atoms with E-state index in [0.717, 1.165) is 27.7 Å². The van der Waals surface area contributed by atoms with E-state index in [1.165, 1.54) is 0 Å². The molecule has 5 heteroatoms. The number of fused-ring (bicyclic) bond motifs is 1. The number of nitrogens with zero attached hydrogens (tertiary/aromatic N) is 2. The minimum atomic E-state index is -0.194. The third kappa shape index (κ3) is 3.80. The van der Waals surface area contributed by atoms with Gasteiger partial charge in [0, 0.05) is 34.7 Å². The number of aryl methyl sites for hydroxylation is 2. The smallest absolute Gasteiger partial charge is 0.258 e. The Morgan fingerprint density at radius 3 is 2.52 bits per heavy atom. The normalized spacial score (nSPS) is 10.8. The molecule has 0 spiro atoms. The number of aromatic amines is 1. The third-order valence-electron chi connectivity index (χ3n) is 4.97. The molecule has 0 saturated carbocycles. The number of anilines is 1. The van der Waals surface area contributed by atoms with Gasteiger partial charge in [-0.15, -0.1) is 0 Å². The SMILES string of the molecule is Cc1ccc(N(Cc2cc3ccccc3[nH]c2=O)C(=O)c2ccncc2)c(C)c1. The number of pyridine rings is 2. The average Bonchev–Trinajstić information content (AvgIpc) is 2.73. The first-order valence-corrected chi connectivity index (χ1v) is 9.43. The molecular formula is C24H21N3O2. The van der Waals surface area contributed by atoms with Crippen LogP contribution in [0.1, 0.15) is 27.0 Å². The maximum Gasteiger partial charge on any atom is 0.258 e. The largest absolute Gasteiger partial charge is 0.322 e. The number of rotatable bonds is 4. The van der Waals surface area contributed by atoms with E-state index in [2.05, 4.69) is 9.97 Å². The number of para-hydroxylation sites is 1. The molecule has 0 radical (unpaired) electrons. The third-order valence-corrected chi connectivity index (χ3v) is 4.97. The molecule has 0 fully saturated rings. The van der Waals surface area contributed by atoms with Crippen molar-refractivity contribution >= 4 is 22.5 Å². The summed E-state index contributed by atoms with van der Waals surface area (Å²) in [6, 6.07) is 18.8. The summed E-state index contributed by atoms with van der Waals surface area (Å²) in [4.78, 5) is 34.6. The van der Waals surface area contributed by atoms with Crippen molar-refractivity contribution in [3.63, 3.8) is 0 Å². The van der Waals surface area contributed by atoms with Crippen molar-refractivity contribution < 1.29 is 4.79 Å². The number of hydrogen-bond acceptors (Lipinski definition) is 3. The van der Waals surface area contributed by atoms with Crippen LogP contribution >= 0.6 is 0 Å². The van der Waals surface area contributed by atoms with Gasteiger partial charge in [-0.05, 0) is 55.1 Å². The fourth-order valence-corrected chi connectivity index (χ4v) is 3.51. The van der Waals surface area contributed by atoms with E-state index in [4.69, 9.17) is 0 Å². The first-order valence-electron chi connectivity index (χ1n) is 9.43. The lowest BCUT2D eigenvalue weighted by molar-refractivity contribution is 0.0985. The zero-order valence-corrected chi connectivity index (χ0v) is 16.3. The first kappa shape index (κ1) is 18.6. The van der Waals surface area contributed by atoms with E-state index >= 15 is 0 Å². The van der Waals surface area contributed by atoms with E-state index < -0.39 is 0 Å². The molecule has 0 aliphatic rings. The second-order valence-corrected chi connectivity index (χ2v) is 7.13. The van der Waals surface area contributed by atoms with Crippen LogP contribution in [0.15, 0.2) is 77.9 Å². The van der Waals surface area contributed by atoms with Gasteiger partial charge in [0.05, 0.1) is 6.54 Å². The summed E-state index contributed by atoms with van der Waals surface area (Å²) in [6.07, 6.45) is 3.19. The highest BCUT2D eigenvalue weighted by Gasteiger charge is 2.21. The quantitative estimate of drug-likeness (QED) is 0.568. The Morgan fingerprint density at radius 2 is 1.76 bits per heavy atom. The molecular weight excluding hydrogens is 362 g/mol. The van der Waals surface area contributed by atoms with Crippen LogP contribution in [-0.2, 0) is 6.54 Å². The van der Waals surface area contributed by atoms with Crippen LogP contribution in [-0.4, -0.2) is 15.9 Å². The summed E-state index contributed by atoms with van der Waals surface area (Å²) in [5, 5.41) is 0.930. The predicted octanol–water partition coefficient (Wildman–Crippen LogP) is 4.39. The van der Waals surface area contributed by atoms with Gasteiger partial charge in [0.25, 0.3) is 11.5 Å². The maximum absolute atomic E-state index is 13.3. The molecule has 0 atom stereocenters. The summed E-state index contributed by atoms with van der Waals surface area (Å²) in [5.41, 5.74) is 4.52. The molecule has 144 valence electrons. The molecule has 0 bridgehead atoms. The van der Waals surface area contributed by atoms with Crippen molar-refractivity contribution in [2.45, 2.75) is 20.4 Å². The lowest BCUT2D eigenvalue weighted by atomic mass is 10.1. The van der Waals surface area contributed by atoms with Gasteiger partial charge in [-0.1, -0.05) is 35.9 Å². The second kappa shape index (κ2) is 7.72. The van der Waals surface area contributed by atoms with Crippen molar-refractivity contribution in [3.05, 3.63) is 106 Å². The summed E-state index contributed by atoms with van der Waals surface area (Å²) >= 11 is 0. The van der Waals surface area contributed by atoms with Crippen molar-refractivity contribution in [1.29, 1.82) is 0 Å². The monoisotopic (exact) mass is 383 g/mol. The van der Waals surface area contributed by atoms with E-state index in [-0.39, 0.29) is 18.0 Å². The average molecular weight is 383 g/mol. The lowest BCUT2D eigenvalue weighted by Crippen LogP contribution is -2.33. The van der Waals surface area contributed by atoms with Crippen molar-refractivity contribution in [2.24, 2.45) is 0 Å². The van der Waals surface area contributed by atoms with Crippen LogP contribution in [0.25, 0.3) is 10.9 Å². The van der Waals surface area contributed by atoms with E-state index in [1.54, 1.807) is 29.4 Å². The highest BCUT2D eigenvalue weighted by molar-refractivity contribution is 6.06.